The van der Waals surface area contributed by atoms with E-state index >= 15 is 0 Å². The van der Waals surface area contributed by atoms with Crippen LogP contribution in [0.3, 0.4) is 0 Å². The minimum Gasteiger partial charge on any atom is -0.362 e. The number of piperazine rings is 1. The third-order valence-corrected chi connectivity index (χ3v) is 9.40. The number of carbonyl (C=O) groups is 2. The first-order valence-electron chi connectivity index (χ1n) is 12.2. The Labute approximate surface area is 220 Å². The first-order chi connectivity index (χ1) is 16.9. The lowest BCUT2D eigenvalue weighted by Gasteiger charge is -2.43. The summed E-state index contributed by atoms with van der Waals surface area (Å²) in [4.78, 5) is 31.3. The zero-order valence-electron chi connectivity index (χ0n) is 19.3. The Morgan fingerprint density at radius 1 is 1.00 bits per heavy atom. The van der Waals surface area contributed by atoms with E-state index in [1.165, 1.54) is 16.7 Å². The quantitative estimate of drug-likeness (QED) is 0.453. The lowest BCUT2D eigenvalue weighted by atomic mass is 10.0. The molecule has 2 aromatic rings. The van der Waals surface area contributed by atoms with Crippen LogP contribution in [0.4, 0.5) is 5.69 Å². The van der Waals surface area contributed by atoms with Gasteiger partial charge in [0.1, 0.15) is 0 Å². The fourth-order valence-corrected chi connectivity index (χ4v) is 7.29. The number of carbonyl (C=O) groups excluding carboxylic acids is 2. The van der Waals surface area contributed by atoms with Gasteiger partial charge in [0.2, 0.25) is 11.8 Å². The molecule has 2 bridgehead atoms. The molecule has 0 aliphatic carbocycles. The molecule has 0 spiro atoms. The molecule has 4 heterocycles. The molecule has 0 aromatic heterocycles. The maximum absolute atomic E-state index is 12.5. The van der Waals surface area contributed by atoms with Crippen LogP contribution in [0.2, 0.25) is 10.0 Å². The van der Waals surface area contributed by atoms with Crippen molar-refractivity contribution in [2.45, 2.75) is 62.3 Å². The molecule has 6 rings (SSSR count). The third-order valence-electron chi connectivity index (χ3n) is 8.01. The normalized spacial score (nSPS) is 28.9. The van der Waals surface area contributed by atoms with Gasteiger partial charge in [0.15, 0.2) is 0 Å². The van der Waals surface area contributed by atoms with E-state index in [1.807, 2.05) is 12.1 Å². The van der Waals surface area contributed by atoms with E-state index < -0.39 is 0 Å². The summed E-state index contributed by atoms with van der Waals surface area (Å²) in [5.74, 6) is -0.394. The second kappa shape index (κ2) is 9.27. The summed E-state index contributed by atoms with van der Waals surface area (Å²) in [5, 5.41) is 3.60. The van der Waals surface area contributed by atoms with Crippen molar-refractivity contribution in [3.63, 3.8) is 0 Å². The molecular weight excluding hydrogens is 503 g/mol. The zero-order chi connectivity index (χ0) is 24.3. The molecule has 2 aromatic carbocycles. The average molecular weight is 532 g/mol. The molecule has 4 atom stereocenters. The number of anilines is 1. The molecule has 1 N–H and O–H groups in total. The standard InChI is InChI=1S/C26H28Cl2N4O2S/c27-20-5-2-6-21(24(20)28)32-16-7-8-17(32)13-30(12-16)11-15-3-1-4-18-19(15)14-31(26(18)35)22-9-10-23(33)29-25(22)34/h1-6,16-17,22,26,35H,7-14H2,(H,29,33,34). The van der Waals surface area contributed by atoms with Gasteiger partial charge in [0.05, 0.1) is 27.1 Å². The molecule has 4 aliphatic heterocycles. The Kier molecular flexibility index (Phi) is 6.26. The van der Waals surface area contributed by atoms with Crippen LogP contribution in [0.1, 0.15) is 47.7 Å². The monoisotopic (exact) mass is 530 g/mol. The number of benzene rings is 2. The minimum absolute atomic E-state index is 0.146. The van der Waals surface area contributed by atoms with Gasteiger partial charge in [-0.3, -0.25) is 24.7 Å². The first kappa shape index (κ1) is 23.6. The molecule has 3 fully saturated rings. The number of piperidine rings is 1. The highest BCUT2D eigenvalue weighted by Crippen LogP contribution is 2.43. The Hall–Kier alpha value is -1.77. The Balaban J connectivity index is 1.19. The predicted molar refractivity (Wildman–Crippen MR) is 141 cm³/mol. The number of amides is 2. The Morgan fingerprint density at radius 2 is 1.74 bits per heavy atom. The second-order valence-corrected chi connectivity index (χ2v) is 11.3. The molecule has 0 radical (unpaired) electrons. The maximum Gasteiger partial charge on any atom is 0.243 e. The lowest BCUT2D eigenvalue weighted by molar-refractivity contribution is -0.137. The largest absolute Gasteiger partial charge is 0.362 e. The summed E-state index contributed by atoms with van der Waals surface area (Å²) in [6.07, 6.45) is 3.22. The van der Waals surface area contributed by atoms with Crippen LogP contribution in [-0.4, -0.2) is 52.8 Å². The summed E-state index contributed by atoms with van der Waals surface area (Å²) in [7, 11) is 0. The topological polar surface area (TPSA) is 55.9 Å². The third kappa shape index (κ3) is 4.15. The van der Waals surface area contributed by atoms with Crippen molar-refractivity contribution >= 4 is 53.3 Å². The molecule has 4 aliphatic rings. The molecule has 9 heteroatoms. The number of rotatable bonds is 4. The predicted octanol–water partition coefficient (Wildman–Crippen LogP) is 4.40. The number of likely N-dealkylation sites (tertiary alicyclic amines) is 1. The van der Waals surface area contributed by atoms with Crippen LogP contribution in [0.15, 0.2) is 36.4 Å². The summed E-state index contributed by atoms with van der Waals surface area (Å²) in [5.41, 5.74) is 4.78. The molecule has 35 heavy (non-hydrogen) atoms. The van der Waals surface area contributed by atoms with Crippen LogP contribution >= 0.6 is 35.8 Å². The molecular formula is C26H28Cl2N4O2S. The van der Waals surface area contributed by atoms with Gasteiger partial charge >= 0.3 is 0 Å². The molecule has 184 valence electrons. The number of thiol groups is 1. The highest BCUT2D eigenvalue weighted by Gasteiger charge is 2.42. The number of halogens is 2. The van der Waals surface area contributed by atoms with Crippen molar-refractivity contribution in [1.82, 2.24) is 15.1 Å². The fraction of sp³-hybridized carbons (Fsp3) is 0.462. The molecule has 4 unspecified atom stereocenters. The van der Waals surface area contributed by atoms with E-state index in [-0.39, 0.29) is 23.2 Å². The van der Waals surface area contributed by atoms with Crippen molar-refractivity contribution in [3.05, 3.63) is 63.1 Å². The van der Waals surface area contributed by atoms with Crippen molar-refractivity contribution in [2.24, 2.45) is 0 Å². The van der Waals surface area contributed by atoms with E-state index in [4.69, 9.17) is 35.8 Å². The van der Waals surface area contributed by atoms with E-state index in [9.17, 15) is 9.59 Å². The van der Waals surface area contributed by atoms with Crippen LogP contribution in [0.25, 0.3) is 0 Å². The number of fused-ring (bicyclic) bond motifs is 3. The number of hydrogen-bond acceptors (Lipinski definition) is 6. The lowest BCUT2D eigenvalue weighted by Crippen LogP contribution is -2.53. The molecule has 2 amide bonds. The maximum atomic E-state index is 12.5. The molecule has 0 saturated carbocycles. The highest BCUT2D eigenvalue weighted by atomic mass is 35.5. The van der Waals surface area contributed by atoms with Gasteiger partial charge in [0, 0.05) is 44.7 Å². The van der Waals surface area contributed by atoms with E-state index in [0.29, 0.717) is 41.5 Å². The van der Waals surface area contributed by atoms with Gasteiger partial charge in [-0.2, -0.15) is 12.6 Å². The number of nitrogens with one attached hydrogen (secondary N) is 1. The van der Waals surface area contributed by atoms with Crippen molar-refractivity contribution in [3.8, 4) is 0 Å². The van der Waals surface area contributed by atoms with Gasteiger partial charge in [-0.15, -0.1) is 0 Å². The van der Waals surface area contributed by atoms with Gasteiger partial charge in [-0.05, 0) is 48.1 Å². The van der Waals surface area contributed by atoms with E-state index in [2.05, 4.69) is 44.3 Å². The SMILES string of the molecule is O=C1CCC(N2Cc3c(CN4CC5CCC(C4)N5c4cccc(Cl)c4Cl)cccc3C2S)C(=O)N1. The first-order valence-corrected chi connectivity index (χ1v) is 13.5. The van der Waals surface area contributed by atoms with Crippen LogP contribution in [-0.2, 0) is 22.7 Å². The van der Waals surface area contributed by atoms with Gasteiger partial charge in [0.25, 0.3) is 0 Å². The van der Waals surface area contributed by atoms with Crippen LogP contribution in [0.5, 0.6) is 0 Å². The minimum atomic E-state index is -0.322. The summed E-state index contributed by atoms with van der Waals surface area (Å²) in [6, 6.07) is 12.8. The summed E-state index contributed by atoms with van der Waals surface area (Å²) >= 11 is 17.8. The molecule has 6 nitrogen and oxygen atoms in total. The van der Waals surface area contributed by atoms with E-state index in [0.717, 1.165) is 38.2 Å². The number of hydrogen-bond donors (Lipinski definition) is 2. The van der Waals surface area contributed by atoms with Crippen LogP contribution in [0, 0.1) is 0 Å². The summed E-state index contributed by atoms with van der Waals surface area (Å²) in [6.45, 7) is 3.50. The van der Waals surface area contributed by atoms with Crippen LogP contribution < -0.4 is 10.2 Å². The van der Waals surface area contributed by atoms with Gasteiger partial charge in [-0.1, -0.05) is 47.5 Å². The highest BCUT2D eigenvalue weighted by molar-refractivity contribution is 7.80. The van der Waals surface area contributed by atoms with Crippen molar-refractivity contribution < 1.29 is 9.59 Å². The van der Waals surface area contributed by atoms with E-state index in [1.54, 1.807) is 0 Å². The second-order valence-electron chi connectivity index (χ2n) is 10.1. The number of imide groups is 1. The number of nitrogens with zero attached hydrogens (tertiary/aromatic N) is 3. The van der Waals surface area contributed by atoms with Crippen molar-refractivity contribution in [2.75, 3.05) is 18.0 Å². The van der Waals surface area contributed by atoms with Gasteiger partial charge < -0.3 is 4.90 Å². The van der Waals surface area contributed by atoms with Crippen molar-refractivity contribution in [1.29, 1.82) is 0 Å². The summed E-state index contributed by atoms with van der Waals surface area (Å²) < 4.78 is 0. The van der Waals surface area contributed by atoms with Gasteiger partial charge in [-0.25, -0.2) is 0 Å². The molecule has 3 saturated heterocycles. The Morgan fingerprint density at radius 3 is 2.49 bits per heavy atom. The smallest absolute Gasteiger partial charge is 0.243 e. The average Bonchev–Trinajstić information content (AvgIpc) is 3.30. The zero-order valence-corrected chi connectivity index (χ0v) is 21.7. The Bertz CT molecular complexity index is 1180. The fourth-order valence-electron chi connectivity index (χ4n) is 6.41.